The number of hydrogen-bond donors (Lipinski definition) is 0. The summed E-state index contributed by atoms with van der Waals surface area (Å²) in [5.74, 6) is 0.0443. The first-order valence-electron chi connectivity index (χ1n) is 4.98. The number of halogens is 1. The molecule has 5 heteroatoms. The van der Waals surface area contributed by atoms with Crippen molar-refractivity contribution < 1.29 is 8.42 Å². The third-order valence-electron chi connectivity index (χ3n) is 2.44. The molecule has 0 saturated heterocycles. The Bertz CT molecular complexity index is 489. The fourth-order valence-electron chi connectivity index (χ4n) is 1.13. The van der Waals surface area contributed by atoms with Crippen LogP contribution in [0.5, 0.6) is 0 Å². The molecule has 1 rings (SSSR count). The van der Waals surface area contributed by atoms with Gasteiger partial charge in [-0.15, -0.1) is 0 Å². The fourth-order valence-corrected chi connectivity index (χ4v) is 2.68. The summed E-state index contributed by atoms with van der Waals surface area (Å²) in [5.41, 5.74) is 1.51. The van der Waals surface area contributed by atoms with Gasteiger partial charge in [-0.1, -0.05) is 6.07 Å². The highest BCUT2D eigenvalue weighted by atomic mass is 79.9. The van der Waals surface area contributed by atoms with Crippen LogP contribution in [0.2, 0.25) is 0 Å². The monoisotopic (exact) mass is 305 g/mol. The molecule has 0 radical (unpaired) electrons. The quantitative estimate of drug-likeness (QED) is 0.789. The predicted molar refractivity (Wildman–Crippen MR) is 69.1 cm³/mol. The fraction of sp³-hybridized carbons (Fsp3) is 0.545. The van der Waals surface area contributed by atoms with Crippen molar-refractivity contribution in [1.82, 2.24) is 4.98 Å². The Morgan fingerprint density at radius 3 is 2.31 bits per heavy atom. The summed E-state index contributed by atoms with van der Waals surface area (Å²) in [6.45, 7) is 6.95. The molecule has 0 atom stereocenters. The van der Waals surface area contributed by atoms with Gasteiger partial charge in [0.05, 0.1) is 10.5 Å². The van der Waals surface area contributed by atoms with Crippen LogP contribution in [0.3, 0.4) is 0 Å². The van der Waals surface area contributed by atoms with Crippen molar-refractivity contribution in [3.8, 4) is 0 Å². The lowest BCUT2D eigenvalue weighted by Crippen LogP contribution is -2.29. The summed E-state index contributed by atoms with van der Waals surface area (Å²) < 4.78 is 24.0. The van der Waals surface area contributed by atoms with Gasteiger partial charge in [0.25, 0.3) is 0 Å². The van der Waals surface area contributed by atoms with E-state index in [-0.39, 0.29) is 5.75 Å². The molecule has 0 N–H and O–H groups in total. The number of rotatable bonds is 2. The second-order valence-electron chi connectivity index (χ2n) is 4.75. The normalized spacial score (nSPS) is 12.8. The minimum Gasteiger partial charge on any atom is -0.246 e. The molecule has 0 unspecified atom stereocenters. The zero-order valence-corrected chi connectivity index (χ0v) is 12.3. The van der Waals surface area contributed by atoms with Gasteiger partial charge in [-0.05, 0) is 55.3 Å². The van der Waals surface area contributed by atoms with Crippen LogP contribution in [0.25, 0.3) is 0 Å². The highest BCUT2D eigenvalue weighted by Gasteiger charge is 2.29. The Hall–Kier alpha value is -0.420. The number of hydrogen-bond acceptors (Lipinski definition) is 3. The average molecular weight is 306 g/mol. The van der Waals surface area contributed by atoms with Crippen molar-refractivity contribution >= 4 is 25.8 Å². The number of aromatic nitrogens is 1. The molecule has 0 amide bonds. The van der Waals surface area contributed by atoms with Gasteiger partial charge >= 0.3 is 0 Å². The minimum absolute atomic E-state index is 0.0443. The zero-order chi connectivity index (χ0) is 12.6. The maximum atomic E-state index is 12.0. The van der Waals surface area contributed by atoms with Crippen molar-refractivity contribution in [2.24, 2.45) is 0 Å². The van der Waals surface area contributed by atoms with Gasteiger partial charge in [0.2, 0.25) is 0 Å². The SMILES string of the molecule is Cc1nc(Br)ccc1CS(=O)(=O)C(C)(C)C. The van der Waals surface area contributed by atoms with Gasteiger partial charge in [0.1, 0.15) is 4.60 Å². The van der Waals surface area contributed by atoms with Crippen LogP contribution in [0.4, 0.5) is 0 Å². The van der Waals surface area contributed by atoms with E-state index in [4.69, 9.17) is 0 Å². The van der Waals surface area contributed by atoms with Gasteiger partial charge in [0, 0.05) is 5.69 Å². The molecule has 0 spiro atoms. The molecule has 0 aliphatic carbocycles. The summed E-state index contributed by atoms with van der Waals surface area (Å²) in [6.07, 6.45) is 0. The van der Waals surface area contributed by atoms with Crippen LogP contribution >= 0.6 is 15.9 Å². The van der Waals surface area contributed by atoms with Gasteiger partial charge in [-0.3, -0.25) is 0 Å². The van der Waals surface area contributed by atoms with Crippen LogP contribution in [0, 0.1) is 6.92 Å². The van der Waals surface area contributed by atoms with Crippen molar-refractivity contribution in [2.75, 3.05) is 0 Å². The summed E-state index contributed by atoms with van der Waals surface area (Å²) in [6, 6.07) is 3.57. The lowest BCUT2D eigenvalue weighted by Gasteiger charge is -2.19. The Morgan fingerprint density at radius 2 is 1.88 bits per heavy atom. The summed E-state index contributed by atoms with van der Waals surface area (Å²) in [7, 11) is -3.14. The number of sulfone groups is 1. The van der Waals surface area contributed by atoms with E-state index >= 15 is 0 Å². The van der Waals surface area contributed by atoms with E-state index in [0.29, 0.717) is 0 Å². The number of pyridine rings is 1. The molecule has 0 saturated carbocycles. The van der Waals surface area contributed by atoms with E-state index in [1.165, 1.54) is 0 Å². The summed E-state index contributed by atoms with van der Waals surface area (Å²) in [4.78, 5) is 4.19. The third-order valence-corrected chi connectivity index (χ3v) is 5.44. The number of aryl methyl sites for hydroxylation is 1. The van der Waals surface area contributed by atoms with E-state index in [1.54, 1.807) is 32.9 Å². The highest BCUT2D eigenvalue weighted by molar-refractivity contribution is 9.10. The predicted octanol–water partition coefficient (Wildman–Crippen LogP) is 2.87. The first-order chi connectivity index (χ1) is 7.13. The molecule has 0 aromatic carbocycles. The lowest BCUT2D eigenvalue weighted by molar-refractivity contribution is 0.559. The van der Waals surface area contributed by atoms with Crippen LogP contribution in [-0.2, 0) is 15.6 Å². The van der Waals surface area contributed by atoms with Crippen molar-refractivity contribution in [2.45, 2.75) is 38.2 Å². The van der Waals surface area contributed by atoms with Crippen LogP contribution in [0.1, 0.15) is 32.0 Å². The smallest absolute Gasteiger partial charge is 0.159 e. The Balaban J connectivity index is 3.07. The molecule has 1 aromatic heterocycles. The molecule has 16 heavy (non-hydrogen) atoms. The highest BCUT2D eigenvalue weighted by Crippen LogP contribution is 2.22. The van der Waals surface area contributed by atoms with Gasteiger partial charge in [0.15, 0.2) is 9.84 Å². The maximum Gasteiger partial charge on any atom is 0.159 e. The van der Waals surface area contributed by atoms with E-state index < -0.39 is 14.6 Å². The molecule has 1 aromatic rings. The van der Waals surface area contributed by atoms with E-state index in [9.17, 15) is 8.42 Å². The van der Waals surface area contributed by atoms with Crippen molar-refractivity contribution in [3.05, 3.63) is 28.0 Å². The van der Waals surface area contributed by atoms with Crippen molar-refractivity contribution in [3.63, 3.8) is 0 Å². The van der Waals surface area contributed by atoms with E-state index in [0.717, 1.165) is 15.9 Å². The Labute approximate surface area is 105 Å². The third kappa shape index (κ3) is 3.04. The average Bonchev–Trinajstić information content (AvgIpc) is 2.08. The second kappa shape index (κ2) is 4.45. The van der Waals surface area contributed by atoms with E-state index in [2.05, 4.69) is 20.9 Å². The largest absolute Gasteiger partial charge is 0.246 e. The Kier molecular flexibility index (Phi) is 3.80. The topological polar surface area (TPSA) is 47.0 Å². The van der Waals surface area contributed by atoms with Crippen LogP contribution in [0.15, 0.2) is 16.7 Å². The molecule has 0 bridgehead atoms. The van der Waals surface area contributed by atoms with Crippen LogP contribution in [-0.4, -0.2) is 18.1 Å². The Morgan fingerprint density at radius 1 is 1.31 bits per heavy atom. The molecule has 0 aliphatic heterocycles. The van der Waals surface area contributed by atoms with Gasteiger partial charge in [-0.2, -0.15) is 0 Å². The summed E-state index contributed by atoms with van der Waals surface area (Å²) in [5, 5.41) is 0. The first-order valence-corrected chi connectivity index (χ1v) is 7.42. The lowest BCUT2D eigenvalue weighted by atomic mass is 10.2. The molecular weight excluding hydrogens is 290 g/mol. The minimum atomic E-state index is -3.14. The van der Waals surface area contributed by atoms with Gasteiger partial charge < -0.3 is 0 Å². The summed E-state index contributed by atoms with van der Waals surface area (Å²) >= 11 is 3.25. The van der Waals surface area contributed by atoms with Gasteiger partial charge in [-0.25, -0.2) is 13.4 Å². The molecule has 0 fully saturated rings. The molecule has 1 heterocycles. The molecule has 0 aliphatic rings. The molecule has 3 nitrogen and oxygen atoms in total. The maximum absolute atomic E-state index is 12.0. The molecular formula is C11H16BrNO2S. The van der Waals surface area contributed by atoms with E-state index in [1.807, 2.05) is 6.92 Å². The second-order valence-corrected chi connectivity index (χ2v) is 8.31. The zero-order valence-electron chi connectivity index (χ0n) is 9.91. The first kappa shape index (κ1) is 13.6. The van der Waals surface area contributed by atoms with Crippen molar-refractivity contribution in [1.29, 1.82) is 0 Å². The van der Waals surface area contributed by atoms with Crippen LogP contribution < -0.4 is 0 Å². The standard InChI is InChI=1S/C11H16BrNO2S/c1-8-9(5-6-10(12)13-8)7-16(14,15)11(2,3)4/h5-6H,7H2,1-4H3. The number of nitrogens with zero attached hydrogens (tertiary/aromatic N) is 1. The molecule has 90 valence electrons.